The molecule has 3 heterocycles. The highest BCUT2D eigenvalue weighted by Crippen LogP contribution is 2.41. The molecule has 1 aliphatic carbocycles. The number of piperidine rings is 1. The van der Waals surface area contributed by atoms with Gasteiger partial charge in [-0.05, 0) is 91.6 Å². The van der Waals surface area contributed by atoms with Gasteiger partial charge in [-0.15, -0.1) is 0 Å². The number of likely N-dealkylation sites (N-methyl/N-ethyl adjacent to an activating group) is 1. The van der Waals surface area contributed by atoms with Crippen LogP contribution in [0.4, 0.5) is 10.1 Å². The highest BCUT2D eigenvalue weighted by Gasteiger charge is 2.38. The van der Waals surface area contributed by atoms with E-state index in [4.69, 9.17) is 5.73 Å². The van der Waals surface area contributed by atoms with Gasteiger partial charge < -0.3 is 36.9 Å². The fourth-order valence-electron chi connectivity index (χ4n) is 9.39. The van der Waals surface area contributed by atoms with E-state index in [0.717, 1.165) is 28.5 Å². The average Bonchev–Trinajstić information content (AvgIpc) is 3.72. The normalized spacial score (nSPS) is 19.3. The number of carbonyl (C=O) groups is 6. The number of nitrogens with one attached hydrogen (secondary N) is 5. The van der Waals surface area contributed by atoms with Gasteiger partial charge in [-0.1, -0.05) is 42.5 Å². The van der Waals surface area contributed by atoms with Crippen LogP contribution in [0, 0.1) is 27.8 Å². The molecule has 4 aromatic rings. The summed E-state index contributed by atoms with van der Waals surface area (Å²) in [5.41, 5.74) is 10.6. The van der Waals surface area contributed by atoms with Crippen molar-refractivity contribution in [3.05, 3.63) is 117 Å². The van der Waals surface area contributed by atoms with E-state index in [1.807, 2.05) is 31.5 Å². The van der Waals surface area contributed by atoms with E-state index in [1.165, 1.54) is 65.9 Å². The zero-order valence-electron chi connectivity index (χ0n) is 37.0. The predicted molar refractivity (Wildman–Crippen MR) is 244 cm³/mol. The Morgan fingerprint density at radius 1 is 0.894 bits per heavy atom. The van der Waals surface area contributed by atoms with Crippen LogP contribution in [0.25, 0.3) is 16.5 Å². The number of rotatable bonds is 18. The maximum atomic E-state index is 14.6. The standard InChI is InChI=1S/C48H56FN9O8/c1-28(59)53-39(44(50)60)9-3-4-19-51-45(61)31-7-6-20-57(27-31)48(64)41(22-29-11-15-34(49)16-12-29)55-47(63)40(21-30-13-17-35(18-14-30)58(65)66)54-46(62)33-23-37-36-8-5-10-38-43(36)32(25-52-38)24-42(37)56(2)26-33/h5,8,10-18,23,25,31,33,39-42,52H,3-4,6-7,9,19-22,24,26-27H2,1-2H3,(H2,50,60)(H,51,61)(H,53,59)(H,54,62)(H,55,63)/t31?,33-,39+,40+,41+,42-/m1/s1. The third-order valence-corrected chi connectivity index (χ3v) is 12.8. The van der Waals surface area contributed by atoms with E-state index < -0.39 is 64.3 Å². The number of primary amides is 1. The predicted octanol–water partition coefficient (Wildman–Crippen LogP) is 3.06. The summed E-state index contributed by atoms with van der Waals surface area (Å²) in [4.78, 5) is 97.9. The van der Waals surface area contributed by atoms with Crippen molar-refractivity contribution in [2.75, 3.05) is 33.2 Å². The Kier molecular flexibility index (Phi) is 14.9. The molecule has 2 aliphatic heterocycles. The van der Waals surface area contributed by atoms with Gasteiger partial charge in [0.05, 0.1) is 16.8 Å². The van der Waals surface area contributed by atoms with Gasteiger partial charge >= 0.3 is 0 Å². The summed E-state index contributed by atoms with van der Waals surface area (Å²) in [6.07, 6.45) is 7.10. The second kappa shape index (κ2) is 20.9. The molecule has 6 amide bonds. The molecule has 1 saturated heterocycles. The summed E-state index contributed by atoms with van der Waals surface area (Å²) in [5, 5.41) is 23.9. The van der Waals surface area contributed by atoms with Gasteiger partial charge in [0.15, 0.2) is 0 Å². The topological polar surface area (TPSA) is 242 Å². The number of nitrogens with two attached hydrogens (primary N) is 1. The van der Waals surface area contributed by atoms with Crippen molar-refractivity contribution in [2.45, 2.75) is 82.5 Å². The van der Waals surface area contributed by atoms with Crippen molar-refractivity contribution in [1.29, 1.82) is 0 Å². The van der Waals surface area contributed by atoms with Gasteiger partial charge in [-0.25, -0.2) is 4.39 Å². The number of aromatic amines is 1. The number of amides is 6. The number of hydrogen-bond acceptors (Lipinski definition) is 9. The second-order valence-corrected chi connectivity index (χ2v) is 17.6. The van der Waals surface area contributed by atoms with Crippen LogP contribution < -0.4 is 27.0 Å². The fourth-order valence-corrected chi connectivity index (χ4v) is 9.39. The van der Waals surface area contributed by atoms with Gasteiger partial charge in [-0.3, -0.25) is 43.8 Å². The largest absolute Gasteiger partial charge is 0.368 e. The molecule has 7 N–H and O–H groups in total. The third-order valence-electron chi connectivity index (χ3n) is 12.8. The lowest BCUT2D eigenvalue weighted by molar-refractivity contribution is -0.384. The van der Waals surface area contributed by atoms with Gasteiger partial charge in [0, 0.05) is 81.2 Å². The Labute approximate surface area is 381 Å². The van der Waals surface area contributed by atoms with E-state index in [0.29, 0.717) is 62.9 Å². The molecule has 7 rings (SSSR count). The number of nitrogens with zero attached hydrogens (tertiary/aromatic N) is 3. The van der Waals surface area contributed by atoms with Crippen LogP contribution in [0.15, 0.2) is 79.0 Å². The summed E-state index contributed by atoms with van der Waals surface area (Å²) in [6.45, 7) is 2.39. The van der Waals surface area contributed by atoms with Crippen LogP contribution in [-0.2, 0) is 48.0 Å². The monoisotopic (exact) mass is 905 g/mol. The van der Waals surface area contributed by atoms with Crippen molar-refractivity contribution >= 4 is 57.6 Å². The van der Waals surface area contributed by atoms with Crippen molar-refractivity contribution < 1.29 is 38.1 Å². The molecule has 3 aromatic carbocycles. The van der Waals surface area contributed by atoms with Crippen LogP contribution in [-0.4, -0.2) is 113 Å². The van der Waals surface area contributed by atoms with Gasteiger partial charge in [0.25, 0.3) is 5.69 Å². The smallest absolute Gasteiger partial charge is 0.269 e. The highest BCUT2D eigenvalue weighted by molar-refractivity contribution is 6.00. The van der Waals surface area contributed by atoms with E-state index >= 15 is 0 Å². The molecule has 66 heavy (non-hydrogen) atoms. The molecule has 1 aromatic heterocycles. The number of non-ortho nitro benzene ring substituents is 1. The SMILES string of the molecule is CC(=O)N[C@@H](CCCCNC(=O)C1CCCN(C(=O)[C@H](Cc2ccc(F)cc2)NC(=O)[C@H](Cc2ccc([N+](=O)[O-])cc2)NC(=O)[C@@H]2C=C3c4cccc5[nH]cc(c45)C[C@H]3N(C)C2)C1)C(N)=O. The molecule has 0 saturated carbocycles. The minimum Gasteiger partial charge on any atom is -0.368 e. The van der Waals surface area contributed by atoms with E-state index in [9.17, 15) is 43.3 Å². The lowest BCUT2D eigenvalue weighted by Crippen LogP contribution is -2.58. The molecule has 3 aliphatic rings. The number of halogens is 1. The number of benzene rings is 3. The molecule has 0 radical (unpaired) electrons. The second-order valence-electron chi connectivity index (χ2n) is 17.6. The number of nitro benzene ring substituents is 1. The molecule has 348 valence electrons. The van der Waals surface area contributed by atoms with Crippen LogP contribution in [0.3, 0.4) is 0 Å². The molecule has 18 heteroatoms. The van der Waals surface area contributed by atoms with E-state index in [-0.39, 0.29) is 42.9 Å². The summed E-state index contributed by atoms with van der Waals surface area (Å²) in [7, 11) is 1.97. The van der Waals surface area contributed by atoms with Crippen molar-refractivity contribution in [1.82, 2.24) is 36.1 Å². The number of hydrogen-bond donors (Lipinski definition) is 6. The molecule has 6 atom stereocenters. The number of carbonyl (C=O) groups excluding carboxylic acids is 6. The molecule has 1 fully saturated rings. The third kappa shape index (κ3) is 11.3. The van der Waals surface area contributed by atoms with Crippen LogP contribution in [0.2, 0.25) is 0 Å². The minimum absolute atomic E-state index is 0.0191. The van der Waals surface area contributed by atoms with Gasteiger partial charge in [-0.2, -0.15) is 0 Å². The van der Waals surface area contributed by atoms with Crippen LogP contribution in [0.1, 0.15) is 61.3 Å². The Morgan fingerprint density at radius 2 is 1.61 bits per heavy atom. The maximum Gasteiger partial charge on any atom is 0.269 e. The molecule has 1 unspecified atom stereocenters. The Hall–Kier alpha value is -6.95. The first-order chi connectivity index (χ1) is 31.6. The number of aromatic nitrogens is 1. The van der Waals surface area contributed by atoms with E-state index in [1.54, 1.807) is 0 Å². The Bertz CT molecular complexity index is 2510. The first-order valence-electron chi connectivity index (χ1n) is 22.4. The van der Waals surface area contributed by atoms with Crippen molar-refractivity contribution in [2.24, 2.45) is 17.6 Å². The number of likely N-dealkylation sites (tertiary alicyclic amines) is 1. The van der Waals surface area contributed by atoms with Gasteiger partial charge in [0.1, 0.15) is 23.9 Å². The average molecular weight is 906 g/mol. The fraction of sp³-hybridized carbons (Fsp3) is 0.417. The van der Waals surface area contributed by atoms with Gasteiger partial charge in [0.2, 0.25) is 35.4 Å². The van der Waals surface area contributed by atoms with Crippen molar-refractivity contribution in [3.63, 3.8) is 0 Å². The summed E-state index contributed by atoms with van der Waals surface area (Å²) < 4.78 is 14.0. The molecule has 0 spiro atoms. The van der Waals surface area contributed by atoms with Crippen LogP contribution in [0.5, 0.6) is 0 Å². The summed E-state index contributed by atoms with van der Waals surface area (Å²) in [5.74, 6) is -4.46. The number of nitro groups is 1. The number of unbranched alkanes of at least 4 members (excludes halogenated alkanes) is 1. The zero-order valence-corrected chi connectivity index (χ0v) is 37.0. The Morgan fingerprint density at radius 3 is 2.30 bits per heavy atom. The Balaban J connectivity index is 1.08. The molecular formula is C48H56FN9O8. The van der Waals surface area contributed by atoms with Crippen molar-refractivity contribution in [3.8, 4) is 0 Å². The molecule has 17 nitrogen and oxygen atoms in total. The van der Waals surface area contributed by atoms with E-state index in [2.05, 4.69) is 37.2 Å². The molecular weight excluding hydrogens is 850 g/mol. The molecule has 0 bridgehead atoms. The number of fused-ring (bicyclic) bond motifs is 2. The summed E-state index contributed by atoms with van der Waals surface area (Å²) >= 11 is 0. The quantitative estimate of drug-likeness (QED) is 0.0488. The highest BCUT2D eigenvalue weighted by atomic mass is 19.1. The lowest BCUT2D eigenvalue weighted by Gasteiger charge is -2.39. The van der Waals surface area contributed by atoms with Crippen LogP contribution >= 0.6 is 0 Å². The lowest BCUT2D eigenvalue weighted by atomic mass is 9.79. The minimum atomic E-state index is -1.22. The first-order valence-corrected chi connectivity index (χ1v) is 22.4. The summed E-state index contributed by atoms with van der Waals surface area (Å²) in [6, 6.07) is 14.1. The zero-order chi connectivity index (χ0) is 47.1. The maximum absolute atomic E-state index is 14.6. The number of H-pyrrole nitrogens is 1. The first kappa shape index (κ1) is 47.0.